The third-order valence-electron chi connectivity index (χ3n) is 3.54. The second-order valence-electron chi connectivity index (χ2n) is 5.57. The fraction of sp³-hybridized carbons (Fsp3) is 0.625. The molecule has 0 aromatic heterocycles. The Balaban J connectivity index is 1.65. The van der Waals surface area contributed by atoms with Gasteiger partial charge in [-0.2, -0.15) is 11.8 Å². The minimum absolute atomic E-state index is 0.587. The number of ether oxygens (including phenoxy) is 1. The number of benzene rings is 1. The Labute approximate surface area is 126 Å². The average Bonchev–Trinajstić information content (AvgIpc) is 2.43. The highest BCUT2D eigenvalue weighted by Crippen LogP contribution is 2.24. The fourth-order valence-corrected chi connectivity index (χ4v) is 4.05. The molecule has 20 heavy (non-hydrogen) atoms. The van der Waals surface area contributed by atoms with Gasteiger partial charge in [-0.25, -0.2) is 0 Å². The zero-order chi connectivity index (χ0) is 14.4. The number of nitrogens with zero attached hydrogens (tertiary/aromatic N) is 1. The zero-order valence-electron chi connectivity index (χ0n) is 12.5. The van der Waals surface area contributed by atoms with Crippen molar-refractivity contribution in [2.45, 2.75) is 37.3 Å². The first-order valence-corrected chi connectivity index (χ1v) is 8.41. The van der Waals surface area contributed by atoms with E-state index in [1.165, 1.54) is 13.1 Å². The van der Waals surface area contributed by atoms with Crippen LogP contribution in [0.25, 0.3) is 0 Å². The normalized spacial score (nSPS) is 23.8. The van der Waals surface area contributed by atoms with Crippen LogP contribution in [0.4, 0.5) is 0 Å². The summed E-state index contributed by atoms with van der Waals surface area (Å²) in [6.07, 6.45) is 1.09. The van der Waals surface area contributed by atoms with E-state index in [0.29, 0.717) is 6.54 Å². The summed E-state index contributed by atoms with van der Waals surface area (Å²) in [5, 5.41) is 1.51. The molecule has 4 heteroatoms. The molecular weight excluding hydrogens is 268 g/mol. The van der Waals surface area contributed by atoms with Crippen LogP contribution in [0.1, 0.15) is 25.8 Å². The minimum Gasteiger partial charge on any atom is -0.494 e. The van der Waals surface area contributed by atoms with E-state index in [0.717, 1.165) is 41.4 Å². The van der Waals surface area contributed by atoms with Crippen LogP contribution in [0.3, 0.4) is 0 Å². The fourth-order valence-electron chi connectivity index (χ4n) is 2.67. The Morgan fingerprint density at radius 1 is 1.20 bits per heavy atom. The number of rotatable bonds is 6. The monoisotopic (exact) mass is 294 g/mol. The van der Waals surface area contributed by atoms with Crippen LogP contribution >= 0.6 is 11.8 Å². The first-order chi connectivity index (χ1) is 9.67. The largest absolute Gasteiger partial charge is 0.494 e. The first kappa shape index (κ1) is 15.7. The van der Waals surface area contributed by atoms with Gasteiger partial charge in [0, 0.05) is 36.7 Å². The van der Waals surface area contributed by atoms with Crippen molar-refractivity contribution in [1.29, 1.82) is 0 Å². The molecule has 0 spiro atoms. The molecule has 3 nitrogen and oxygen atoms in total. The number of nitrogens with two attached hydrogens (primary N) is 1. The van der Waals surface area contributed by atoms with Gasteiger partial charge in [-0.1, -0.05) is 26.0 Å². The molecule has 1 heterocycles. The number of hydrogen-bond acceptors (Lipinski definition) is 4. The maximum atomic E-state index is 5.78. The second-order valence-corrected chi connectivity index (χ2v) is 7.45. The van der Waals surface area contributed by atoms with E-state index in [1.807, 2.05) is 24.3 Å². The van der Waals surface area contributed by atoms with Crippen LogP contribution in [-0.2, 0) is 6.54 Å². The van der Waals surface area contributed by atoms with E-state index in [9.17, 15) is 0 Å². The minimum atomic E-state index is 0.587. The summed E-state index contributed by atoms with van der Waals surface area (Å²) >= 11 is 2.10. The van der Waals surface area contributed by atoms with Crippen molar-refractivity contribution in [2.24, 2.45) is 5.73 Å². The predicted octanol–water partition coefficient (Wildman–Crippen LogP) is 2.74. The van der Waals surface area contributed by atoms with E-state index < -0.39 is 0 Å². The van der Waals surface area contributed by atoms with Gasteiger partial charge in [0.15, 0.2) is 0 Å². The molecule has 1 saturated heterocycles. The Bertz CT molecular complexity index is 386. The lowest BCUT2D eigenvalue weighted by molar-refractivity contribution is 0.232. The van der Waals surface area contributed by atoms with Crippen LogP contribution in [0.2, 0.25) is 0 Å². The summed E-state index contributed by atoms with van der Waals surface area (Å²) in [4.78, 5) is 2.56. The Hall–Kier alpha value is -0.710. The molecule has 0 aliphatic carbocycles. The van der Waals surface area contributed by atoms with Crippen LogP contribution in [0, 0.1) is 0 Å². The topological polar surface area (TPSA) is 38.5 Å². The number of thioether (sulfide) groups is 1. The van der Waals surface area contributed by atoms with Gasteiger partial charge in [0.25, 0.3) is 0 Å². The standard InChI is InChI=1S/C16H26N2OS/c1-13-11-18(12-14(2)20-13)8-3-9-19-16-6-4-15(10-17)5-7-16/h4-7,13-14H,3,8-12,17H2,1-2H3. The Kier molecular flexibility index (Phi) is 6.20. The highest BCUT2D eigenvalue weighted by Gasteiger charge is 2.21. The third kappa shape index (κ3) is 5.00. The molecule has 0 radical (unpaired) electrons. The molecule has 1 aromatic rings. The van der Waals surface area contributed by atoms with Crippen LogP contribution < -0.4 is 10.5 Å². The van der Waals surface area contributed by atoms with E-state index in [1.54, 1.807) is 0 Å². The lowest BCUT2D eigenvalue weighted by Crippen LogP contribution is -2.41. The van der Waals surface area contributed by atoms with Gasteiger partial charge in [-0.05, 0) is 24.1 Å². The molecule has 2 rings (SSSR count). The van der Waals surface area contributed by atoms with E-state index in [-0.39, 0.29) is 0 Å². The van der Waals surface area contributed by atoms with Crippen molar-refractivity contribution >= 4 is 11.8 Å². The van der Waals surface area contributed by atoms with Crippen molar-refractivity contribution in [1.82, 2.24) is 4.90 Å². The Morgan fingerprint density at radius 3 is 2.45 bits per heavy atom. The van der Waals surface area contributed by atoms with Crippen molar-refractivity contribution in [2.75, 3.05) is 26.2 Å². The van der Waals surface area contributed by atoms with E-state index in [4.69, 9.17) is 10.5 Å². The summed E-state index contributed by atoms with van der Waals surface area (Å²) in [7, 11) is 0. The quantitative estimate of drug-likeness (QED) is 0.819. The summed E-state index contributed by atoms with van der Waals surface area (Å²) in [6.45, 7) is 9.57. The van der Waals surface area contributed by atoms with Crippen molar-refractivity contribution in [3.05, 3.63) is 29.8 Å². The summed E-state index contributed by atoms with van der Waals surface area (Å²) < 4.78 is 5.78. The average molecular weight is 294 g/mol. The summed E-state index contributed by atoms with van der Waals surface area (Å²) in [6, 6.07) is 8.06. The highest BCUT2D eigenvalue weighted by atomic mass is 32.2. The molecule has 1 aliphatic heterocycles. The van der Waals surface area contributed by atoms with E-state index in [2.05, 4.69) is 30.5 Å². The molecule has 2 atom stereocenters. The van der Waals surface area contributed by atoms with Gasteiger partial charge in [0.2, 0.25) is 0 Å². The lowest BCUT2D eigenvalue weighted by Gasteiger charge is -2.34. The van der Waals surface area contributed by atoms with E-state index >= 15 is 0 Å². The molecule has 2 N–H and O–H groups in total. The second kappa shape index (κ2) is 7.91. The molecule has 1 aliphatic rings. The van der Waals surface area contributed by atoms with Crippen molar-refractivity contribution < 1.29 is 4.74 Å². The van der Waals surface area contributed by atoms with Gasteiger partial charge in [-0.3, -0.25) is 0 Å². The summed E-state index contributed by atoms with van der Waals surface area (Å²) in [5.41, 5.74) is 6.72. The first-order valence-electron chi connectivity index (χ1n) is 7.47. The van der Waals surface area contributed by atoms with Crippen LogP contribution in [0.5, 0.6) is 5.75 Å². The molecule has 1 aromatic carbocycles. The molecule has 112 valence electrons. The predicted molar refractivity (Wildman–Crippen MR) is 87.4 cm³/mol. The maximum absolute atomic E-state index is 5.78. The molecule has 0 bridgehead atoms. The molecule has 1 fully saturated rings. The lowest BCUT2D eigenvalue weighted by atomic mass is 10.2. The Morgan fingerprint density at radius 2 is 1.85 bits per heavy atom. The zero-order valence-corrected chi connectivity index (χ0v) is 13.4. The molecular formula is C16H26N2OS. The maximum Gasteiger partial charge on any atom is 0.119 e. The molecule has 0 saturated carbocycles. The van der Waals surface area contributed by atoms with Crippen LogP contribution in [-0.4, -0.2) is 41.6 Å². The molecule has 0 amide bonds. The van der Waals surface area contributed by atoms with Crippen molar-refractivity contribution in [3.8, 4) is 5.75 Å². The SMILES string of the molecule is CC1CN(CCCOc2ccc(CN)cc2)CC(C)S1. The van der Waals surface area contributed by atoms with Gasteiger partial charge >= 0.3 is 0 Å². The number of hydrogen-bond donors (Lipinski definition) is 1. The molecule has 2 unspecified atom stereocenters. The van der Waals surface area contributed by atoms with Crippen LogP contribution in [0.15, 0.2) is 24.3 Å². The highest BCUT2D eigenvalue weighted by molar-refractivity contribution is 8.00. The smallest absolute Gasteiger partial charge is 0.119 e. The summed E-state index contributed by atoms with van der Waals surface area (Å²) in [5.74, 6) is 0.943. The van der Waals surface area contributed by atoms with Gasteiger partial charge in [0.05, 0.1) is 6.61 Å². The third-order valence-corrected chi connectivity index (χ3v) is 4.77. The van der Waals surface area contributed by atoms with Gasteiger partial charge in [0.1, 0.15) is 5.75 Å². The van der Waals surface area contributed by atoms with Gasteiger partial charge < -0.3 is 15.4 Å². The van der Waals surface area contributed by atoms with Gasteiger partial charge in [-0.15, -0.1) is 0 Å². The van der Waals surface area contributed by atoms with Crippen molar-refractivity contribution in [3.63, 3.8) is 0 Å².